The number of aromatic nitrogens is 3. The van der Waals surface area contributed by atoms with Gasteiger partial charge in [0.05, 0.1) is 0 Å². The highest BCUT2D eigenvalue weighted by Crippen LogP contribution is 2.22. The maximum absolute atomic E-state index is 12.7. The van der Waals surface area contributed by atoms with Crippen molar-refractivity contribution in [1.29, 1.82) is 0 Å². The highest BCUT2D eigenvalue weighted by atomic mass is 32.2. The Morgan fingerprint density at radius 3 is 2.79 bits per heavy atom. The Balaban J connectivity index is 2.19. The lowest BCUT2D eigenvalue weighted by atomic mass is 10.5. The van der Waals surface area contributed by atoms with E-state index in [4.69, 9.17) is 0 Å². The summed E-state index contributed by atoms with van der Waals surface area (Å²) in [5.74, 6) is -0.482. The van der Waals surface area contributed by atoms with Crippen molar-refractivity contribution in [2.24, 2.45) is 0 Å². The van der Waals surface area contributed by atoms with Gasteiger partial charge in [-0.2, -0.15) is 4.39 Å². The smallest absolute Gasteiger partial charge is 0.213 e. The fourth-order valence-corrected chi connectivity index (χ4v) is 1.62. The van der Waals surface area contributed by atoms with Gasteiger partial charge in [-0.25, -0.2) is 15.0 Å². The SMILES string of the molecule is Fc1cccc(Sc2ccncn2)n1. The van der Waals surface area contributed by atoms with E-state index in [1.54, 1.807) is 24.4 Å². The molecule has 0 spiro atoms. The molecule has 2 aromatic heterocycles. The van der Waals surface area contributed by atoms with Gasteiger partial charge in [-0.05, 0) is 30.0 Å². The molecule has 2 heterocycles. The minimum absolute atomic E-state index is 0.482. The summed E-state index contributed by atoms with van der Waals surface area (Å²) in [4.78, 5) is 11.5. The fourth-order valence-electron chi connectivity index (χ4n) is 0.893. The molecule has 2 aromatic rings. The fraction of sp³-hybridized carbons (Fsp3) is 0. The lowest BCUT2D eigenvalue weighted by molar-refractivity contribution is 0.572. The molecule has 70 valence electrons. The van der Waals surface area contributed by atoms with E-state index in [9.17, 15) is 4.39 Å². The number of nitrogens with zero attached hydrogens (tertiary/aromatic N) is 3. The van der Waals surface area contributed by atoms with Gasteiger partial charge in [-0.3, -0.25) is 0 Å². The third-order valence-corrected chi connectivity index (χ3v) is 2.34. The summed E-state index contributed by atoms with van der Waals surface area (Å²) in [5.41, 5.74) is 0. The summed E-state index contributed by atoms with van der Waals surface area (Å²) in [5, 5.41) is 1.34. The van der Waals surface area contributed by atoms with E-state index < -0.39 is 5.95 Å². The molecule has 2 rings (SSSR count). The van der Waals surface area contributed by atoms with E-state index in [2.05, 4.69) is 15.0 Å². The van der Waals surface area contributed by atoms with Crippen LogP contribution in [0.5, 0.6) is 0 Å². The van der Waals surface area contributed by atoms with E-state index in [0.717, 1.165) is 5.03 Å². The second kappa shape index (κ2) is 4.15. The highest BCUT2D eigenvalue weighted by Gasteiger charge is 2.00. The van der Waals surface area contributed by atoms with E-state index in [1.165, 1.54) is 24.2 Å². The molecule has 0 saturated carbocycles. The summed E-state index contributed by atoms with van der Waals surface area (Å²) in [6.45, 7) is 0. The number of pyridine rings is 1. The van der Waals surface area contributed by atoms with Crippen molar-refractivity contribution in [3.05, 3.63) is 42.7 Å². The lowest BCUT2D eigenvalue weighted by Crippen LogP contribution is -1.85. The van der Waals surface area contributed by atoms with Crippen LogP contribution in [0.3, 0.4) is 0 Å². The molecule has 0 fully saturated rings. The summed E-state index contributed by atoms with van der Waals surface area (Å²) in [6, 6.07) is 6.41. The second-order valence-corrected chi connectivity index (χ2v) is 3.49. The summed E-state index contributed by atoms with van der Waals surface area (Å²) in [6.07, 6.45) is 3.08. The van der Waals surface area contributed by atoms with Crippen molar-refractivity contribution in [2.75, 3.05) is 0 Å². The standard InChI is InChI=1S/C9H6FN3S/c10-7-2-1-3-9(13-7)14-8-4-5-11-6-12-8/h1-6H. The van der Waals surface area contributed by atoms with E-state index in [-0.39, 0.29) is 0 Å². The molecular weight excluding hydrogens is 201 g/mol. The van der Waals surface area contributed by atoms with Crippen LogP contribution in [0.15, 0.2) is 46.8 Å². The molecule has 0 radical (unpaired) electrons. The third kappa shape index (κ3) is 2.26. The zero-order chi connectivity index (χ0) is 9.80. The molecule has 0 N–H and O–H groups in total. The van der Waals surface area contributed by atoms with Gasteiger partial charge >= 0.3 is 0 Å². The highest BCUT2D eigenvalue weighted by molar-refractivity contribution is 7.99. The van der Waals surface area contributed by atoms with Crippen LogP contribution in [0.2, 0.25) is 0 Å². The quantitative estimate of drug-likeness (QED) is 0.558. The van der Waals surface area contributed by atoms with Gasteiger partial charge in [-0.1, -0.05) is 6.07 Å². The predicted molar refractivity (Wildman–Crippen MR) is 50.4 cm³/mol. The maximum Gasteiger partial charge on any atom is 0.213 e. The van der Waals surface area contributed by atoms with E-state index in [0.29, 0.717) is 5.03 Å². The van der Waals surface area contributed by atoms with Crippen molar-refractivity contribution in [2.45, 2.75) is 10.1 Å². The summed E-state index contributed by atoms with van der Waals surface area (Å²) in [7, 11) is 0. The van der Waals surface area contributed by atoms with Crippen molar-refractivity contribution in [3.63, 3.8) is 0 Å². The number of halogens is 1. The van der Waals surface area contributed by atoms with Gasteiger partial charge in [-0.15, -0.1) is 0 Å². The van der Waals surface area contributed by atoms with Crippen LogP contribution in [0.4, 0.5) is 4.39 Å². The first-order valence-electron chi connectivity index (χ1n) is 3.91. The first-order valence-corrected chi connectivity index (χ1v) is 4.73. The molecule has 14 heavy (non-hydrogen) atoms. The minimum Gasteiger partial charge on any atom is -0.245 e. The zero-order valence-electron chi connectivity index (χ0n) is 7.09. The van der Waals surface area contributed by atoms with Crippen LogP contribution >= 0.6 is 11.8 Å². The Morgan fingerprint density at radius 1 is 1.14 bits per heavy atom. The molecule has 5 heteroatoms. The summed E-state index contributed by atoms with van der Waals surface area (Å²) < 4.78 is 12.7. The third-order valence-electron chi connectivity index (χ3n) is 1.45. The topological polar surface area (TPSA) is 38.7 Å². The molecule has 3 nitrogen and oxygen atoms in total. The van der Waals surface area contributed by atoms with Gasteiger partial charge in [0, 0.05) is 6.20 Å². The van der Waals surface area contributed by atoms with Crippen LogP contribution in [0, 0.1) is 5.95 Å². The molecule has 0 unspecified atom stereocenters. The Kier molecular flexibility index (Phi) is 2.69. The van der Waals surface area contributed by atoms with Gasteiger partial charge in [0.2, 0.25) is 5.95 Å². The van der Waals surface area contributed by atoms with Gasteiger partial charge < -0.3 is 0 Å². The molecule has 0 atom stereocenters. The van der Waals surface area contributed by atoms with Crippen LogP contribution < -0.4 is 0 Å². The normalized spacial score (nSPS) is 10.1. The van der Waals surface area contributed by atoms with E-state index >= 15 is 0 Å². The Morgan fingerprint density at radius 2 is 2.07 bits per heavy atom. The Bertz CT molecular complexity index is 421. The van der Waals surface area contributed by atoms with E-state index in [1.807, 2.05) is 0 Å². The van der Waals surface area contributed by atoms with Crippen molar-refractivity contribution in [1.82, 2.24) is 15.0 Å². The molecule has 0 amide bonds. The lowest BCUT2D eigenvalue weighted by Gasteiger charge is -1.98. The molecule has 0 aliphatic rings. The first kappa shape index (κ1) is 9.08. The van der Waals surface area contributed by atoms with Crippen LogP contribution in [-0.4, -0.2) is 15.0 Å². The molecule has 0 bridgehead atoms. The van der Waals surface area contributed by atoms with Crippen LogP contribution in [0.25, 0.3) is 0 Å². The minimum atomic E-state index is -0.482. The molecule has 0 aromatic carbocycles. The van der Waals surface area contributed by atoms with Crippen molar-refractivity contribution < 1.29 is 4.39 Å². The number of hydrogen-bond donors (Lipinski definition) is 0. The van der Waals surface area contributed by atoms with Crippen molar-refractivity contribution in [3.8, 4) is 0 Å². The summed E-state index contributed by atoms with van der Waals surface area (Å²) >= 11 is 1.30. The van der Waals surface area contributed by atoms with Gasteiger partial charge in [0.1, 0.15) is 16.4 Å². The van der Waals surface area contributed by atoms with Crippen LogP contribution in [-0.2, 0) is 0 Å². The monoisotopic (exact) mass is 207 g/mol. The molecule has 0 saturated heterocycles. The van der Waals surface area contributed by atoms with Crippen molar-refractivity contribution >= 4 is 11.8 Å². The average molecular weight is 207 g/mol. The van der Waals surface area contributed by atoms with Gasteiger partial charge in [0.15, 0.2) is 0 Å². The molecular formula is C9H6FN3S. The number of rotatable bonds is 2. The first-order chi connectivity index (χ1) is 6.84. The second-order valence-electron chi connectivity index (χ2n) is 2.45. The average Bonchev–Trinajstić information content (AvgIpc) is 2.19. The Labute approximate surface area is 84.4 Å². The zero-order valence-corrected chi connectivity index (χ0v) is 7.91. The molecule has 0 aliphatic carbocycles. The number of hydrogen-bond acceptors (Lipinski definition) is 4. The Hall–Kier alpha value is -1.49. The largest absolute Gasteiger partial charge is 0.245 e. The predicted octanol–water partition coefficient (Wildman–Crippen LogP) is 2.16. The molecule has 0 aliphatic heterocycles. The van der Waals surface area contributed by atoms with Gasteiger partial charge in [0.25, 0.3) is 0 Å². The maximum atomic E-state index is 12.7. The van der Waals surface area contributed by atoms with Crippen LogP contribution in [0.1, 0.15) is 0 Å².